The fraction of sp³-hybridized carbons (Fsp3) is 0.240. The van der Waals surface area contributed by atoms with Gasteiger partial charge >= 0.3 is 5.97 Å². The van der Waals surface area contributed by atoms with E-state index >= 15 is 0 Å². The smallest absolute Gasteiger partial charge is 0.307 e. The van der Waals surface area contributed by atoms with Crippen molar-refractivity contribution in [3.63, 3.8) is 0 Å². The van der Waals surface area contributed by atoms with Crippen LogP contribution in [0.2, 0.25) is 5.02 Å². The van der Waals surface area contributed by atoms with Gasteiger partial charge in [0.25, 0.3) is 0 Å². The minimum absolute atomic E-state index is 0.0580. The molecule has 0 aliphatic carbocycles. The Hall–Kier alpha value is -3.38. The van der Waals surface area contributed by atoms with E-state index in [-0.39, 0.29) is 6.42 Å². The number of nitrogens with zero attached hydrogens (tertiary/aromatic N) is 4. The summed E-state index contributed by atoms with van der Waals surface area (Å²) in [5.41, 5.74) is 8.15. The average molecular weight is 447 g/mol. The quantitative estimate of drug-likeness (QED) is 0.451. The van der Waals surface area contributed by atoms with Crippen molar-refractivity contribution in [2.75, 3.05) is 11.4 Å². The number of hydrogen-bond donors (Lipinski definition) is 1. The molecule has 0 amide bonds. The molecule has 162 valence electrons. The summed E-state index contributed by atoms with van der Waals surface area (Å²) in [5, 5.41) is 11.3. The molecule has 0 saturated heterocycles. The number of anilines is 2. The maximum Gasteiger partial charge on any atom is 0.307 e. The number of rotatable bonds is 4. The zero-order valence-corrected chi connectivity index (χ0v) is 18.9. The monoisotopic (exact) mass is 446 g/mol. The van der Waals surface area contributed by atoms with Crippen molar-refractivity contribution >= 4 is 40.1 Å². The molecule has 0 fully saturated rings. The van der Waals surface area contributed by atoms with Gasteiger partial charge in [0.2, 0.25) is 5.95 Å². The van der Waals surface area contributed by atoms with Crippen LogP contribution in [0.3, 0.4) is 0 Å². The van der Waals surface area contributed by atoms with Crippen LogP contribution in [0.15, 0.2) is 42.7 Å². The number of aliphatic carboxylic acids is 1. The fourth-order valence-electron chi connectivity index (χ4n) is 4.79. The molecule has 0 bridgehead atoms. The van der Waals surface area contributed by atoms with Crippen LogP contribution >= 0.6 is 11.6 Å². The first-order chi connectivity index (χ1) is 15.3. The van der Waals surface area contributed by atoms with Crippen LogP contribution in [-0.2, 0) is 17.8 Å². The minimum Gasteiger partial charge on any atom is -0.481 e. The Morgan fingerprint density at radius 2 is 1.78 bits per heavy atom. The van der Waals surface area contributed by atoms with Gasteiger partial charge in [-0.3, -0.25) is 4.79 Å². The second-order valence-electron chi connectivity index (χ2n) is 8.32. The van der Waals surface area contributed by atoms with Crippen molar-refractivity contribution in [1.29, 1.82) is 0 Å². The van der Waals surface area contributed by atoms with Crippen LogP contribution in [0.5, 0.6) is 0 Å². The topological polar surface area (TPSA) is 71.2 Å². The largest absolute Gasteiger partial charge is 0.481 e. The molecule has 4 aromatic rings. The fourth-order valence-corrected chi connectivity index (χ4v) is 4.89. The van der Waals surface area contributed by atoms with Crippen molar-refractivity contribution in [2.45, 2.75) is 33.7 Å². The Kier molecular flexibility index (Phi) is 4.90. The Bertz CT molecular complexity index is 1360. The summed E-state index contributed by atoms with van der Waals surface area (Å²) in [6.07, 6.45) is 3.12. The number of carboxylic acid groups (broad SMARTS) is 1. The molecule has 0 saturated carbocycles. The molecular weight excluding hydrogens is 424 g/mol. The maximum atomic E-state index is 11.9. The van der Waals surface area contributed by atoms with Gasteiger partial charge in [0.15, 0.2) is 0 Å². The predicted octanol–water partition coefficient (Wildman–Crippen LogP) is 5.46. The average Bonchev–Trinajstić information content (AvgIpc) is 3.10. The van der Waals surface area contributed by atoms with Crippen LogP contribution < -0.4 is 4.90 Å². The number of aromatic nitrogens is 3. The maximum absolute atomic E-state index is 11.9. The molecule has 0 spiro atoms. The van der Waals surface area contributed by atoms with Gasteiger partial charge in [-0.25, -0.2) is 9.97 Å². The summed E-state index contributed by atoms with van der Waals surface area (Å²) in [5.74, 6) is -0.289. The van der Waals surface area contributed by atoms with Gasteiger partial charge in [0.05, 0.1) is 35.0 Å². The molecule has 5 rings (SSSR count). The lowest BCUT2D eigenvalue weighted by Gasteiger charge is -2.32. The molecule has 1 aliphatic heterocycles. The second-order valence-corrected chi connectivity index (χ2v) is 8.75. The van der Waals surface area contributed by atoms with Gasteiger partial charge in [0, 0.05) is 24.2 Å². The first-order valence-corrected chi connectivity index (χ1v) is 10.9. The lowest BCUT2D eigenvalue weighted by molar-refractivity contribution is -0.136. The number of carbonyl (C=O) groups is 1. The van der Waals surface area contributed by atoms with E-state index in [1.165, 1.54) is 5.56 Å². The third-order valence-corrected chi connectivity index (χ3v) is 6.44. The Morgan fingerprint density at radius 3 is 2.44 bits per heavy atom. The van der Waals surface area contributed by atoms with Crippen molar-refractivity contribution < 1.29 is 9.90 Å². The van der Waals surface area contributed by atoms with Crippen LogP contribution in [0, 0.1) is 20.8 Å². The number of halogens is 1. The predicted molar refractivity (Wildman–Crippen MR) is 127 cm³/mol. The van der Waals surface area contributed by atoms with Crippen LogP contribution in [0.4, 0.5) is 11.6 Å². The van der Waals surface area contributed by atoms with Gasteiger partial charge < -0.3 is 14.6 Å². The summed E-state index contributed by atoms with van der Waals surface area (Å²) < 4.78 is 2.31. The van der Waals surface area contributed by atoms with Gasteiger partial charge in [-0.15, -0.1) is 0 Å². The first kappa shape index (κ1) is 20.5. The minimum atomic E-state index is -0.853. The highest BCUT2D eigenvalue weighted by Crippen LogP contribution is 2.46. The number of carboxylic acids is 1. The molecule has 0 atom stereocenters. The van der Waals surface area contributed by atoms with E-state index in [9.17, 15) is 9.90 Å². The highest BCUT2D eigenvalue weighted by molar-refractivity contribution is 6.30. The summed E-state index contributed by atoms with van der Waals surface area (Å²) >= 11 is 6.02. The third kappa shape index (κ3) is 3.22. The molecule has 6 nitrogen and oxygen atoms in total. The lowest BCUT2D eigenvalue weighted by atomic mass is 9.88. The van der Waals surface area contributed by atoms with Crippen LogP contribution in [-0.4, -0.2) is 32.2 Å². The van der Waals surface area contributed by atoms with Crippen molar-refractivity contribution in [3.8, 4) is 11.1 Å². The molecular formula is C25H23ClN4O2. The highest BCUT2D eigenvalue weighted by Gasteiger charge is 2.30. The van der Waals surface area contributed by atoms with Crippen molar-refractivity contribution in [1.82, 2.24) is 14.5 Å². The first-order valence-electron chi connectivity index (χ1n) is 10.5. The number of benzene rings is 2. The zero-order valence-electron chi connectivity index (χ0n) is 18.2. The van der Waals surface area contributed by atoms with E-state index in [2.05, 4.69) is 63.6 Å². The summed E-state index contributed by atoms with van der Waals surface area (Å²) in [7, 11) is 0. The van der Waals surface area contributed by atoms with E-state index in [0.29, 0.717) is 17.5 Å². The molecule has 1 N–H and O–H groups in total. The Balaban J connectivity index is 1.86. The molecule has 2 aromatic carbocycles. The standard InChI is InChI=1S/C25H23ClN4O2/c1-14-4-6-17(7-5-14)22-19(11-21(31)32)16(3)23-24-20(22)10-15(2)29(24)8-9-30(23)25-27-12-18(26)13-28-25/h4-7,10,12-13H,8-9,11H2,1-3H3,(H,31,32). The van der Waals surface area contributed by atoms with E-state index in [1.807, 2.05) is 6.92 Å². The zero-order chi connectivity index (χ0) is 22.6. The second kappa shape index (κ2) is 7.64. The van der Waals surface area contributed by atoms with E-state index < -0.39 is 5.97 Å². The highest BCUT2D eigenvalue weighted by atomic mass is 35.5. The normalized spacial score (nSPS) is 13.1. The molecule has 2 aromatic heterocycles. The summed E-state index contributed by atoms with van der Waals surface area (Å²) in [6.45, 7) is 7.64. The van der Waals surface area contributed by atoms with E-state index in [1.54, 1.807) is 12.4 Å². The molecule has 3 heterocycles. The van der Waals surface area contributed by atoms with Gasteiger partial charge in [-0.2, -0.15) is 0 Å². The molecule has 7 heteroatoms. The SMILES string of the molecule is Cc1ccc(-c2c(CC(=O)O)c(C)c3c4c2cc(C)n4CCN3c2ncc(Cl)cn2)cc1. The van der Waals surface area contributed by atoms with E-state index in [0.717, 1.165) is 51.1 Å². The van der Waals surface area contributed by atoms with E-state index in [4.69, 9.17) is 11.6 Å². The summed E-state index contributed by atoms with van der Waals surface area (Å²) in [6, 6.07) is 10.5. The molecule has 1 aliphatic rings. The van der Waals surface area contributed by atoms with Gasteiger partial charge in [-0.05, 0) is 49.1 Å². The van der Waals surface area contributed by atoms with Gasteiger partial charge in [0.1, 0.15) is 0 Å². The lowest BCUT2D eigenvalue weighted by Crippen LogP contribution is -2.30. The van der Waals surface area contributed by atoms with Crippen molar-refractivity contribution in [3.05, 3.63) is 70.1 Å². The van der Waals surface area contributed by atoms with Crippen LogP contribution in [0.1, 0.15) is 22.4 Å². The number of hydrogen-bond acceptors (Lipinski definition) is 4. The Labute approximate surface area is 191 Å². The molecule has 0 unspecified atom stereocenters. The molecule has 32 heavy (non-hydrogen) atoms. The van der Waals surface area contributed by atoms with Crippen LogP contribution in [0.25, 0.3) is 22.0 Å². The Morgan fingerprint density at radius 1 is 1.09 bits per heavy atom. The van der Waals surface area contributed by atoms with Gasteiger partial charge in [-0.1, -0.05) is 41.4 Å². The van der Waals surface area contributed by atoms with Crippen molar-refractivity contribution in [2.24, 2.45) is 0 Å². The number of aryl methyl sites for hydroxylation is 2. The summed E-state index contributed by atoms with van der Waals surface area (Å²) in [4.78, 5) is 22.9. The third-order valence-electron chi connectivity index (χ3n) is 6.24. The molecule has 0 radical (unpaired) electrons.